The molecule has 2 aromatic heterocycles. The van der Waals surface area contributed by atoms with Crippen LogP contribution in [0.1, 0.15) is 16.8 Å². The van der Waals surface area contributed by atoms with Crippen LogP contribution in [0.2, 0.25) is 0 Å². The van der Waals surface area contributed by atoms with Gasteiger partial charge in [-0.3, -0.25) is 4.98 Å². The van der Waals surface area contributed by atoms with E-state index < -0.39 is 0 Å². The number of hydrogen-bond acceptors (Lipinski definition) is 1. The van der Waals surface area contributed by atoms with Crippen LogP contribution < -0.4 is 0 Å². The van der Waals surface area contributed by atoms with Crippen molar-refractivity contribution in [2.24, 2.45) is 0 Å². The fourth-order valence-corrected chi connectivity index (χ4v) is 2.50. The van der Waals surface area contributed by atoms with E-state index in [4.69, 9.17) is 0 Å². The summed E-state index contributed by atoms with van der Waals surface area (Å²) in [6.07, 6.45) is 3.64. The van der Waals surface area contributed by atoms with Crippen LogP contribution in [0, 0.1) is 19.7 Å². The minimum absolute atomic E-state index is 0.162. The maximum atomic E-state index is 13.8. The molecule has 0 atom stereocenters. The van der Waals surface area contributed by atoms with Crippen molar-refractivity contribution in [2.75, 3.05) is 0 Å². The van der Waals surface area contributed by atoms with Crippen LogP contribution in [0.5, 0.6) is 0 Å². The molecule has 0 fully saturated rings. The van der Waals surface area contributed by atoms with E-state index in [0.717, 1.165) is 11.2 Å². The molecule has 0 saturated carbocycles. The number of benzene rings is 1. The van der Waals surface area contributed by atoms with E-state index in [0.29, 0.717) is 12.1 Å². The molecule has 19 heavy (non-hydrogen) atoms. The van der Waals surface area contributed by atoms with Gasteiger partial charge in [0.05, 0.1) is 18.3 Å². The van der Waals surface area contributed by atoms with Crippen molar-refractivity contribution in [1.29, 1.82) is 0 Å². The number of rotatable bonds is 2. The molecule has 2 nitrogen and oxygen atoms in total. The minimum Gasteiger partial charge on any atom is -0.339 e. The third-order valence-electron chi connectivity index (χ3n) is 3.73. The maximum absolute atomic E-state index is 13.8. The van der Waals surface area contributed by atoms with Gasteiger partial charge in [-0.1, -0.05) is 18.2 Å². The Morgan fingerprint density at radius 1 is 1.16 bits per heavy atom. The van der Waals surface area contributed by atoms with Crippen LogP contribution in [0.25, 0.3) is 10.9 Å². The molecule has 0 aliphatic carbocycles. The molecule has 3 heteroatoms. The van der Waals surface area contributed by atoms with Gasteiger partial charge >= 0.3 is 0 Å². The summed E-state index contributed by atoms with van der Waals surface area (Å²) < 4.78 is 15.9. The first-order chi connectivity index (χ1) is 9.18. The lowest BCUT2D eigenvalue weighted by Crippen LogP contribution is -2.03. The van der Waals surface area contributed by atoms with E-state index in [1.54, 1.807) is 12.3 Å². The van der Waals surface area contributed by atoms with E-state index in [-0.39, 0.29) is 5.82 Å². The van der Waals surface area contributed by atoms with E-state index in [2.05, 4.69) is 23.4 Å². The Kier molecular flexibility index (Phi) is 2.82. The van der Waals surface area contributed by atoms with Gasteiger partial charge in [-0.2, -0.15) is 0 Å². The second-order valence-electron chi connectivity index (χ2n) is 4.78. The minimum atomic E-state index is -0.162. The number of hydrogen-bond donors (Lipinski definition) is 0. The molecule has 0 aliphatic rings. The molecular weight excluding hydrogens is 239 g/mol. The topological polar surface area (TPSA) is 17.8 Å². The monoisotopic (exact) mass is 254 g/mol. The lowest BCUT2D eigenvalue weighted by Gasteiger charge is -2.09. The third-order valence-corrected chi connectivity index (χ3v) is 3.73. The first kappa shape index (κ1) is 11.9. The van der Waals surface area contributed by atoms with Gasteiger partial charge in [0, 0.05) is 22.8 Å². The summed E-state index contributed by atoms with van der Waals surface area (Å²) >= 11 is 0. The van der Waals surface area contributed by atoms with Crippen molar-refractivity contribution in [2.45, 2.75) is 20.4 Å². The number of nitrogens with zero attached hydrogens (tertiary/aromatic N) is 2. The van der Waals surface area contributed by atoms with Crippen molar-refractivity contribution in [1.82, 2.24) is 9.55 Å². The summed E-state index contributed by atoms with van der Waals surface area (Å²) in [5, 5.41) is 1.18. The number of pyridine rings is 1. The van der Waals surface area contributed by atoms with Crippen molar-refractivity contribution in [3.63, 3.8) is 0 Å². The number of aryl methyl sites for hydroxylation is 1. The second kappa shape index (κ2) is 4.50. The summed E-state index contributed by atoms with van der Waals surface area (Å²) in [5.41, 5.74) is 4.15. The Labute approximate surface area is 111 Å². The van der Waals surface area contributed by atoms with Crippen LogP contribution in [0.3, 0.4) is 0 Å². The normalized spacial score (nSPS) is 11.1. The third kappa shape index (κ3) is 1.91. The zero-order chi connectivity index (χ0) is 13.4. The van der Waals surface area contributed by atoms with E-state index in [9.17, 15) is 4.39 Å². The molecule has 0 amide bonds. The van der Waals surface area contributed by atoms with Crippen molar-refractivity contribution >= 4 is 10.9 Å². The van der Waals surface area contributed by atoms with Gasteiger partial charge in [0.15, 0.2) is 0 Å². The maximum Gasteiger partial charge on any atom is 0.128 e. The quantitative estimate of drug-likeness (QED) is 0.679. The Bertz CT molecular complexity index is 744. The first-order valence-electron chi connectivity index (χ1n) is 6.31. The Hall–Kier alpha value is -2.16. The van der Waals surface area contributed by atoms with Crippen molar-refractivity contribution in [3.05, 3.63) is 65.4 Å². The van der Waals surface area contributed by atoms with Gasteiger partial charge < -0.3 is 4.57 Å². The van der Waals surface area contributed by atoms with E-state index in [1.165, 1.54) is 17.0 Å². The highest BCUT2D eigenvalue weighted by Crippen LogP contribution is 2.25. The fraction of sp³-hybridized carbons (Fsp3) is 0.188. The highest BCUT2D eigenvalue weighted by Gasteiger charge is 2.12. The Morgan fingerprint density at radius 3 is 2.74 bits per heavy atom. The average Bonchev–Trinajstić information content (AvgIpc) is 2.67. The van der Waals surface area contributed by atoms with Gasteiger partial charge in [-0.25, -0.2) is 4.39 Å². The fourth-order valence-electron chi connectivity index (χ4n) is 2.50. The predicted molar refractivity (Wildman–Crippen MR) is 74.7 cm³/mol. The standard InChI is InChI=1S/C16H15FN2/c1-11-12(2)19(16-9-18-8-7-14(11)16)10-13-5-3-4-6-15(13)17/h3-9H,10H2,1-2H3. The summed E-state index contributed by atoms with van der Waals surface area (Å²) in [6, 6.07) is 8.92. The van der Waals surface area contributed by atoms with Gasteiger partial charge in [-0.05, 0) is 31.5 Å². The molecule has 0 radical (unpaired) electrons. The highest BCUT2D eigenvalue weighted by atomic mass is 19.1. The van der Waals surface area contributed by atoms with Crippen LogP contribution in [0.4, 0.5) is 4.39 Å². The van der Waals surface area contributed by atoms with E-state index in [1.807, 2.05) is 24.4 Å². The Balaban J connectivity index is 2.16. The summed E-state index contributed by atoms with van der Waals surface area (Å²) in [4.78, 5) is 4.18. The van der Waals surface area contributed by atoms with Crippen LogP contribution in [-0.2, 0) is 6.54 Å². The van der Waals surface area contributed by atoms with Gasteiger partial charge in [0.1, 0.15) is 5.82 Å². The lowest BCUT2D eigenvalue weighted by atomic mass is 10.2. The molecule has 1 aromatic carbocycles. The predicted octanol–water partition coefficient (Wildman–Crippen LogP) is 3.84. The number of aromatic nitrogens is 2. The van der Waals surface area contributed by atoms with Crippen molar-refractivity contribution in [3.8, 4) is 0 Å². The Morgan fingerprint density at radius 2 is 1.95 bits per heavy atom. The molecule has 3 aromatic rings. The van der Waals surface area contributed by atoms with Gasteiger partial charge in [0.25, 0.3) is 0 Å². The number of halogens is 1. The molecule has 0 aliphatic heterocycles. The van der Waals surface area contributed by atoms with Gasteiger partial charge in [0.2, 0.25) is 0 Å². The molecule has 96 valence electrons. The molecule has 0 saturated heterocycles. The molecular formula is C16H15FN2. The van der Waals surface area contributed by atoms with Crippen LogP contribution >= 0.6 is 0 Å². The average molecular weight is 254 g/mol. The molecule has 0 spiro atoms. The van der Waals surface area contributed by atoms with Crippen LogP contribution in [-0.4, -0.2) is 9.55 Å². The summed E-state index contributed by atoms with van der Waals surface area (Å²) in [6.45, 7) is 4.69. The molecule has 2 heterocycles. The zero-order valence-electron chi connectivity index (χ0n) is 11.0. The van der Waals surface area contributed by atoms with Crippen LogP contribution in [0.15, 0.2) is 42.7 Å². The largest absolute Gasteiger partial charge is 0.339 e. The lowest BCUT2D eigenvalue weighted by molar-refractivity contribution is 0.600. The molecule has 0 unspecified atom stereocenters. The second-order valence-corrected chi connectivity index (χ2v) is 4.78. The molecule has 0 bridgehead atoms. The SMILES string of the molecule is Cc1c(C)n(Cc2ccccc2F)c2cnccc12. The van der Waals surface area contributed by atoms with Crippen molar-refractivity contribution < 1.29 is 4.39 Å². The molecule has 3 rings (SSSR count). The molecule has 0 N–H and O–H groups in total. The zero-order valence-corrected chi connectivity index (χ0v) is 11.0. The summed E-state index contributed by atoms with van der Waals surface area (Å²) in [5.74, 6) is -0.162. The highest BCUT2D eigenvalue weighted by molar-refractivity contribution is 5.84. The smallest absolute Gasteiger partial charge is 0.128 e. The number of fused-ring (bicyclic) bond motifs is 1. The first-order valence-corrected chi connectivity index (χ1v) is 6.31. The summed E-state index contributed by atoms with van der Waals surface area (Å²) in [7, 11) is 0. The van der Waals surface area contributed by atoms with Gasteiger partial charge in [-0.15, -0.1) is 0 Å². The van der Waals surface area contributed by atoms with E-state index >= 15 is 0 Å².